The fourth-order valence-electron chi connectivity index (χ4n) is 1.14. The third-order valence-electron chi connectivity index (χ3n) is 1.87. The fraction of sp³-hybridized carbons (Fsp3) is 0.333. The van der Waals surface area contributed by atoms with Crippen molar-refractivity contribution >= 4 is 24.0 Å². The second-order valence-electron chi connectivity index (χ2n) is 2.84. The van der Waals surface area contributed by atoms with E-state index in [4.69, 9.17) is 17.3 Å². The predicted octanol–water partition coefficient (Wildman–Crippen LogP) is 3.40. The van der Waals surface area contributed by atoms with Gasteiger partial charge in [0.05, 0.1) is 11.7 Å². The molecule has 1 aromatic carbocycles. The number of nitrogens with two attached hydrogens (primary N) is 1. The first-order chi connectivity index (χ1) is 6.57. The Morgan fingerprint density at radius 2 is 1.80 bits per heavy atom. The Balaban J connectivity index is 0.00000196. The van der Waals surface area contributed by atoms with Gasteiger partial charge in [-0.15, -0.1) is 12.4 Å². The summed E-state index contributed by atoms with van der Waals surface area (Å²) in [7, 11) is 0. The van der Waals surface area contributed by atoms with Crippen LogP contribution in [0.25, 0.3) is 0 Å². The normalized spacial score (nSPS) is 12.1. The topological polar surface area (TPSA) is 26.0 Å². The number of alkyl halides is 1. The van der Waals surface area contributed by atoms with Gasteiger partial charge in [-0.05, 0) is 18.6 Å². The summed E-state index contributed by atoms with van der Waals surface area (Å²) in [6.45, 7) is -0.701. The monoisotopic (exact) mass is 259 g/mol. The van der Waals surface area contributed by atoms with Gasteiger partial charge in [0, 0.05) is 11.6 Å². The molecular formula is C9H10Cl2F3N. The summed E-state index contributed by atoms with van der Waals surface area (Å²) in [5.74, 6) is -1.46. The minimum atomic E-state index is -0.914. The molecule has 0 amide bonds. The van der Waals surface area contributed by atoms with Crippen LogP contribution in [0.5, 0.6) is 0 Å². The number of benzene rings is 1. The standard InChI is InChI=1S/C9H9ClF3N.ClH/c10-9-6(13)2-1-5(12)8(9)7(14)3-4-11;/h1-2,7H,3-4,14H2;1H/t7-;/m1./s1. The molecular weight excluding hydrogens is 250 g/mol. The minimum Gasteiger partial charge on any atom is -0.324 e. The van der Waals surface area contributed by atoms with Crippen LogP contribution >= 0.6 is 24.0 Å². The molecule has 0 radical (unpaired) electrons. The predicted molar refractivity (Wildman–Crippen MR) is 56.1 cm³/mol. The number of halogens is 5. The average Bonchev–Trinajstić information content (AvgIpc) is 2.13. The van der Waals surface area contributed by atoms with Crippen LogP contribution in [0.3, 0.4) is 0 Å². The molecule has 0 aliphatic carbocycles. The van der Waals surface area contributed by atoms with E-state index in [1.165, 1.54) is 0 Å². The lowest BCUT2D eigenvalue weighted by Crippen LogP contribution is -2.14. The Morgan fingerprint density at radius 1 is 1.27 bits per heavy atom. The van der Waals surface area contributed by atoms with Gasteiger partial charge in [0.25, 0.3) is 0 Å². The SMILES string of the molecule is Cl.N[C@H](CCF)c1c(F)ccc(F)c1Cl. The quantitative estimate of drug-likeness (QED) is 0.828. The summed E-state index contributed by atoms with van der Waals surface area (Å²) >= 11 is 5.51. The van der Waals surface area contributed by atoms with Gasteiger partial charge in [-0.25, -0.2) is 8.78 Å². The highest BCUT2D eigenvalue weighted by Gasteiger charge is 2.18. The molecule has 1 aromatic rings. The van der Waals surface area contributed by atoms with Gasteiger partial charge in [-0.2, -0.15) is 0 Å². The van der Waals surface area contributed by atoms with Crippen LogP contribution in [0.1, 0.15) is 18.0 Å². The zero-order chi connectivity index (χ0) is 10.7. The summed E-state index contributed by atoms with van der Waals surface area (Å²) in [5.41, 5.74) is 5.28. The molecule has 1 nitrogen and oxygen atoms in total. The van der Waals surface area contributed by atoms with Gasteiger partial charge in [-0.3, -0.25) is 4.39 Å². The van der Waals surface area contributed by atoms with Crippen LogP contribution in [-0.4, -0.2) is 6.67 Å². The van der Waals surface area contributed by atoms with Crippen molar-refractivity contribution in [2.45, 2.75) is 12.5 Å². The number of hydrogen-bond donors (Lipinski definition) is 1. The maximum absolute atomic E-state index is 13.2. The summed E-state index contributed by atoms with van der Waals surface area (Å²) < 4.78 is 38.0. The van der Waals surface area contributed by atoms with Gasteiger partial charge in [-0.1, -0.05) is 11.6 Å². The van der Waals surface area contributed by atoms with E-state index in [1.54, 1.807) is 0 Å². The molecule has 0 fully saturated rings. The summed E-state index contributed by atoms with van der Waals surface area (Å²) in [5, 5.41) is -0.369. The van der Waals surface area contributed by atoms with E-state index in [0.29, 0.717) is 0 Å². The van der Waals surface area contributed by atoms with Crippen molar-refractivity contribution in [2.75, 3.05) is 6.67 Å². The lowest BCUT2D eigenvalue weighted by molar-refractivity contribution is 0.434. The maximum atomic E-state index is 13.2. The number of rotatable bonds is 3. The first-order valence-corrected chi connectivity index (χ1v) is 4.40. The van der Waals surface area contributed by atoms with Crippen molar-refractivity contribution in [2.24, 2.45) is 5.73 Å². The molecule has 2 N–H and O–H groups in total. The minimum absolute atomic E-state index is 0. The third-order valence-corrected chi connectivity index (χ3v) is 2.25. The van der Waals surface area contributed by atoms with E-state index in [9.17, 15) is 13.2 Å². The van der Waals surface area contributed by atoms with E-state index in [-0.39, 0.29) is 29.4 Å². The molecule has 0 aliphatic rings. The molecule has 0 spiro atoms. The van der Waals surface area contributed by atoms with Gasteiger partial charge in [0.15, 0.2) is 0 Å². The maximum Gasteiger partial charge on any atom is 0.142 e. The Kier molecular flexibility index (Phi) is 6.02. The van der Waals surface area contributed by atoms with Crippen molar-refractivity contribution in [3.63, 3.8) is 0 Å². The molecule has 86 valence electrons. The third kappa shape index (κ3) is 3.26. The van der Waals surface area contributed by atoms with Crippen LogP contribution in [0.15, 0.2) is 12.1 Å². The summed E-state index contributed by atoms with van der Waals surface area (Å²) in [6.07, 6.45) is -0.0832. The van der Waals surface area contributed by atoms with E-state index in [0.717, 1.165) is 12.1 Å². The average molecular weight is 260 g/mol. The second-order valence-corrected chi connectivity index (χ2v) is 3.22. The Hall–Kier alpha value is -0.450. The Bertz CT molecular complexity index is 333. The molecule has 1 rings (SSSR count). The zero-order valence-corrected chi connectivity index (χ0v) is 9.22. The van der Waals surface area contributed by atoms with Gasteiger partial charge in [0.1, 0.15) is 11.6 Å². The van der Waals surface area contributed by atoms with Crippen LogP contribution < -0.4 is 5.73 Å². The van der Waals surface area contributed by atoms with Crippen LogP contribution in [0, 0.1) is 11.6 Å². The first kappa shape index (κ1) is 14.6. The van der Waals surface area contributed by atoms with Gasteiger partial charge < -0.3 is 5.73 Å². The lowest BCUT2D eigenvalue weighted by atomic mass is 10.0. The molecule has 0 aliphatic heterocycles. The molecule has 0 saturated carbocycles. The van der Waals surface area contributed by atoms with Crippen molar-refractivity contribution in [1.29, 1.82) is 0 Å². The number of hydrogen-bond acceptors (Lipinski definition) is 1. The Labute approximate surface area is 96.8 Å². The lowest BCUT2D eigenvalue weighted by Gasteiger charge is -2.13. The van der Waals surface area contributed by atoms with Gasteiger partial charge >= 0.3 is 0 Å². The highest BCUT2D eigenvalue weighted by atomic mass is 35.5. The molecule has 1 atom stereocenters. The van der Waals surface area contributed by atoms with E-state index in [1.807, 2.05) is 0 Å². The van der Waals surface area contributed by atoms with Crippen molar-refractivity contribution < 1.29 is 13.2 Å². The highest BCUT2D eigenvalue weighted by Crippen LogP contribution is 2.28. The van der Waals surface area contributed by atoms with E-state index in [2.05, 4.69) is 0 Å². The Morgan fingerprint density at radius 3 is 2.33 bits per heavy atom. The molecule has 0 aromatic heterocycles. The fourth-order valence-corrected chi connectivity index (χ4v) is 1.44. The van der Waals surface area contributed by atoms with Crippen molar-refractivity contribution in [3.8, 4) is 0 Å². The second kappa shape index (κ2) is 6.20. The van der Waals surface area contributed by atoms with Crippen LogP contribution in [0.2, 0.25) is 5.02 Å². The first-order valence-electron chi connectivity index (χ1n) is 4.03. The molecule has 0 heterocycles. The molecule has 6 heteroatoms. The van der Waals surface area contributed by atoms with Gasteiger partial charge in [0.2, 0.25) is 0 Å². The van der Waals surface area contributed by atoms with Crippen molar-refractivity contribution in [1.82, 2.24) is 0 Å². The van der Waals surface area contributed by atoms with Crippen LogP contribution in [-0.2, 0) is 0 Å². The smallest absolute Gasteiger partial charge is 0.142 e. The molecule has 0 saturated heterocycles. The van der Waals surface area contributed by atoms with Crippen LogP contribution in [0.4, 0.5) is 13.2 Å². The van der Waals surface area contributed by atoms with E-state index < -0.39 is 24.4 Å². The zero-order valence-electron chi connectivity index (χ0n) is 7.64. The largest absolute Gasteiger partial charge is 0.324 e. The van der Waals surface area contributed by atoms with E-state index >= 15 is 0 Å². The molecule has 15 heavy (non-hydrogen) atoms. The summed E-state index contributed by atoms with van der Waals surface area (Å²) in [6, 6.07) is 0.918. The highest BCUT2D eigenvalue weighted by molar-refractivity contribution is 6.31. The molecule has 0 unspecified atom stereocenters. The molecule has 0 bridgehead atoms. The summed E-state index contributed by atoms with van der Waals surface area (Å²) in [4.78, 5) is 0. The van der Waals surface area contributed by atoms with Crippen molar-refractivity contribution in [3.05, 3.63) is 34.4 Å².